The van der Waals surface area contributed by atoms with Gasteiger partial charge < -0.3 is 10.2 Å². The highest BCUT2D eigenvalue weighted by Crippen LogP contribution is 2.29. The zero-order valence-corrected chi connectivity index (χ0v) is 19.2. The Balaban J connectivity index is 1.67. The van der Waals surface area contributed by atoms with Gasteiger partial charge in [-0.25, -0.2) is 9.97 Å². The summed E-state index contributed by atoms with van der Waals surface area (Å²) in [6.45, 7) is 4.06. The van der Waals surface area contributed by atoms with E-state index >= 15 is 0 Å². The Morgan fingerprint density at radius 3 is 2.53 bits per heavy atom. The van der Waals surface area contributed by atoms with Crippen LogP contribution in [-0.2, 0) is 0 Å². The maximum absolute atomic E-state index is 13.3. The smallest absolute Gasteiger partial charge is 0.257 e. The van der Waals surface area contributed by atoms with Crippen LogP contribution in [0.3, 0.4) is 0 Å². The van der Waals surface area contributed by atoms with Gasteiger partial charge in [0.1, 0.15) is 11.4 Å². The minimum absolute atomic E-state index is 0.104. The zero-order chi connectivity index (χ0) is 22.5. The first-order chi connectivity index (χ1) is 15.5. The van der Waals surface area contributed by atoms with E-state index in [4.69, 9.17) is 4.98 Å². The van der Waals surface area contributed by atoms with Gasteiger partial charge >= 0.3 is 0 Å². The number of hydrogen-bond donors (Lipinski definition) is 1. The molecular formula is C27H32N4O. The van der Waals surface area contributed by atoms with Gasteiger partial charge in [0.25, 0.3) is 5.91 Å². The van der Waals surface area contributed by atoms with Crippen LogP contribution >= 0.6 is 0 Å². The lowest BCUT2D eigenvalue weighted by atomic mass is 9.94. The highest BCUT2D eigenvalue weighted by atomic mass is 16.1. The Morgan fingerprint density at radius 2 is 1.81 bits per heavy atom. The van der Waals surface area contributed by atoms with Crippen molar-refractivity contribution in [1.82, 2.24) is 15.3 Å². The molecule has 1 amide bonds. The van der Waals surface area contributed by atoms with Gasteiger partial charge in [0, 0.05) is 24.8 Å². The van der Waals surface area contributed by atoms with E-state index in [-0.39, 0.29) is 11.9 Å². The van der Waals surface area contributed by atoms with Gasteiger partial charge in [0.15, 0.2) is 5.82 Å². The molecule has 1 aliphatic rings. The average molecular weight is 429 g/mol. The number of amides is 1. The second-order valence-electron chi connectivity index (χ2n) is 8.81. The van der Waals surface area contributed by atoms with E-state index < -0.39 is 0 Å². The van der Waals surface area contributed by atoms with Crippen LogP contribution in [-0.4, -0.2) is 29.0 Å². The summed E-state index contributed by atoms with van der Waals surface area (Å²) in [5.74, 6) is 1.22. The standard InChI is InChI=1S/C27H32N4O/c1-19-11-10-14-22(17-19)25-28-18-24(26(30-25)31(3)23-15-8-5-9-16-23)27(32)29-20(2)21-12-6-4-7-13-21/h4,6-7,10-14,17-18,20,23H,5,8-9,15-16H2,1-3H3,(H,29,32)/t20-/m1/s1. The molecule has 1 aliphatic carbocycles. The maximum Gasteiger partial charge on any atom is 0.257 e. The molecule has 32 heavy (non-hydrogen) atoms. The number of aryl methyl sites for hydroxylation is 1. The van der Waals surface area contributed by atoms with Crippen molar-refractivity contribution in [3.8, 4) is 11.4 Å². The Labute approximate surface area is 190 Å². The third kappa shape index (κ3) is 4.98. The van der Waals surface area contributed by atoms with E-state index in [1.54, 1.807) is 6.20 Å². The summed E-state index contributed by atoms with van der Waals surface area (Å²) in [7, 11) is 2.07. The first-order valence-corrected chi connectivity index (χ1v) is 11.6. The van der Waals surface area contributed by atoms with E-state index in [0.717, 1.165) is 29.5 Å². The van der Waals surface area contributed by atoms with Gasteiger partial charge in [-0.15, -0.1) is 0 Å². The van der Waals surface area contributed by atoms with E-state index in [1.165, 1.54) is 19.3 Å². The molecule has 1 saturated carbocycles. The quantitative estimate of drug-likeness (QED) is 0.546. The van der Waals surface area contributed by atoms with E-state index in [0.29, 0.717) is 23.2 Å². The fraction of sp³-hybridized carbons (Fsp3) is 0.370. The number of carbonyl (C=O) groups is 1. The summed E-state index contributed by atoms with van der Waals surface area (Å²) < 4.78 is 0. The summed E-state index contributed by atoms with van der Waals surface area (Å²) in [5, 5.41) is 3.13. The number of carbonyl (C=O) groups excluding carboxylic acids is 1. The van der Waals surface area contributed by atoms with Crippen LogP contribution in [0.25, 0.3) is 11.4 Å². The Morgan fingerprint density at radius 1 is 1.06 bits per heavy atom. The Hall–Kier alpha value is -3.21. The van der Waals surface area contributed by atoms with Crippen LogP contribution in [0.2, 0.25) is 0 Å². The number of aromatic nitrogens is 2. The number of hydrogen-bond acceptors (Lipinski definition) is 4. The average Bonchev–Trinajstić information content (AvgIpc) is 2.84. The fourth-order valence-corrected chi connectivity index (χ4v) is 4.47. The zero-order valence-electron chi connectivity index (χ0n) is 19.2. The number of rotatable bonds is 6. The Bertz CT molecular complexity index is 1060. The van der Waals surface area contributed by atoms with Gasteiger partial charge in [-0.1, -0.05) is 73.4 Å². The number of nitrogens with one attached hydrogen (secondary N) is 1. The van der Waals surface area contributed by atoms with Crippen LogP contribution in [0.1, 0.15) is 66.6 Å². The first-order valence-electron chi connectivity index (χ1n) is 11.6. The predicted octanol–water partition coefficient (Wildman–Crippen LogP) is 5.71. The van der Waals surface area contributed by atoms with Crippen molar-refractivity contribution >= 4 is 11.7 Å². The highest BCUT2D eigenvalue weighted by Gasteiger charge is 2.25. The molecule has 0 spiro atoms. The van der Waals surface area contributed by atoms with Crippen molar-refractivity contribution in [3.63, 3.8) is 0 Å². The summed E-state index contributed by atoms with van der Waals surface area (Å²) >= 11 is 0. The van der Waals surface area contributed by atoms with Gasteiger partial charge in [-0.3, -0.25) is 4.79 Å². The maximum atomic E-state index is 13.3. The molecule has 4 rings (SSSR count). The molecule has 0 radical (unpaired) electrons. The lowest BCUT2D eigenvalue weighted by Crippen LogP contribution is -2.36. The lowest BCUT2D eigenvalue weighted by Gasteiger charge is -2.33. The second kappa shape index (κ2) is 9.94. The minimum atomic E-state index is -0.144. The molecule has 1 atom stereocenters. The molecule has 0 bridgehead atoms. The third-order valence-corrected chi connectivity index (χ3v) is 6.39. The van der Waals surface area contributed by atoms with Crippen molar-refractivity contribution in [2.24, 2.45) is 0 Å². The molecule has 0 aliphatic heterocycles. The molecule has 2 aromatic carbocycles. The predicted molar refractivity (Wildman–Crippen MR) is 130 cm³/mol. The lowest BCUT2D eigenvalue weighted by molar-refractivity contribution is 0.0939. The third-order valence-electron chi connectivity index (χ3n) is 6.39. The molecule has 166 valence electrons. The summed E-state index contributed by atoms with van der Waals surface area (Å²) in [6.07, 6.45) is 7.66. The number of nitrogens with zero attached hydrogens (tertiary/aromatic N) is 3. The molecule has 0 saturated heterocycles. The topological polar surface area (TPSA) is 58.1 Å². The molecule has 1 heterocycles. The van der Waals surface area contributed by atoms with Crippen molar-refractivity contribution in [1.29, 1.82) is 0 Å². The SMILES string of the molecule is Cc1cccc(-c2ncc(C(=O)N[C@H](C)c3ccccc3)c(N(C)C3CCCCC3)n2)c1. The largest absolute Gasteiger partial charge is 0.356 e. The second-order valence-corrected chi connectivity index (χ2v) is 8.81. The van der Waals surface area contributed by atoms with Crippen LogP contribution < -0.4 is 10.2 Å². The summed E-state index contributed by atoms with van der Waals surface area (Å²) in [4.78, 5) is 25.0. The van der Waals surface area contributed by atoms with Crippen molar-refractivity contribution in [3.05, 3.63) is 77.5 Å². The van der Waals surface area contributed by atoms with Gasteiger partial charge in [0.05, 0.1) is 6.04 Å². The monoisotopic (exact) mass is 428 g/mol. The summed E-state index contributed by atoms with van der Waals surface area (Å²) in [5.41, 5.74) is 3.72. The van der Waals surface area contributed by atoms with Crippen LogP contribution in [0.5, 0.6) is 0 Å². The van der Waals surface area contributed by atoms with Crippen molar-refractivity contribution in [2.75, 3.05) is 11.9 Å². The van der Waals surface area contributed by atoms with E-state index in [9.17, 15) is 4.79 Å². The van der Waals surface area contributed by atoms with E-state index in [1.807, 2.05) is 49.4 Å². The summed E-state index contributed by atoms with van der Waals surface area (Å²) in [6, 6.07) is 18.5. The first kappa shape index (κ1) is 22.0. The molecule has 1 aromatic heterocycles. The normalized spacial score (nSPS) is 15.2. The van der Waals surface area contributed by atoms with Crippen molar-refractivity contribution in [2.45, 2.75) is 58.0 Å². The van der Waals surface area contributed by atoms with Crippen molar-refractivity contribution < 1.29 is 4.79 Å². The van der Waals surface area contributed by atoms with Gasteiger partial charge in [-0.2, -0.15) is 0 Å². The van der Waals surface area contributed by atoms with Gasteiger partial charge in [0.2, 0.25) is 0 Å². The molecular weight excluding hydrogens is 396 g/mol. The molecule has 5 heteroatoms. The highest BCUT2D eigenvalue weighted by molar-refractivity contribution is 5.99. The molecule has 3 aromatic rings. The number of benzene rings is 2. The minimum Gasteiger partial charge on any atom is -0.356 e. The van der Waals surface area contributed by atoms with Crippen LogP contribution in [0, 0.1) is 6.92 Å². The number of anilines is 1. The van der Waals surface area contributed by atoms with Crippen LogP contribution in [0.4, 0.5) is 5.82 Å². The molecule has 5 nitrogen and oxygen atoms in total. The van der Waals surface area contributed by atoms with E-state index in [2.05, 4.69) is 41.3 Å². The molecule has 1 N–H and O–H groups in total. The fourth-order valence-electron chi connectivity index (χ4n) is 4.47. The molecule has 1 fully saturated rings. The Kier molecular flexibility index (Phi) is 6.84. The van der Waals surface area contributed by atoms with Gasteiger partial charge in [-0.05, 0) is 38.3 Å². The van der Waals surface area contributed by atoms with Crippen LogP contribution in [0.15, 0.2) is 60.8 Å². The molecule has 0 unspecified atom stereocenters.